The highest BCUT2D eigenvalue weighted by Crippen LogP contribution is 2.32. The molecule has 0 N–H and O–H groups in total. The minimum absolute atomic E-state index is 0.0714. The molecular weight excluding hydrogens is 314 g/mol. The zero-order valence-electron chi connectivity index (χ0n) is 12.7. The monoisotopic (exact) mass is 331 g/mol. The van der Waals surface area contributed by atoms with Gasteiger partial charge in [-0.15, -0.1) is 0 Å². The van der Waals surface area contributed by atoms with Crippen LogP contribution in [-0.2, 0) is 11.2 Å². The molecule has 0 aliphatic carbocycles. The zero-order chi connectivity index (χ0) is 15.8. The molecule has 120 valence electrons. The number of imidazole rings is 1. The van der Waals surface area contributed by atoms with E-state index < -0.39 is 6.10 Å². The fraction of sp³-hybridized carbons (Fsp3) is 0.412. The topological polar surface area (TPSA) is 47.4 Å². The number of aromatic nitrogens is 2. The predicted molar refractivity (Wildman–Crippen MR) is 86.7 cm³/mol. The summed E-state index contributed by atoms with van der Waals surface area (Å²) in [6.07, 6.45) is 7.81. The van der Waals surface area contributed by atoms with Crippen LogP contribution >= 0.6 is 11.6 Å². The van der Waals surface area contributed by atoms with E-state index in [-0.39, 0.29) is 5.91 Å². The van der Waals surface area contributed by atoms with Gasteiger partial charge in [0.05, 0.1) is 12.4 Å². The van der Waals surface area contributed by atoms with E-state index in [4.69, 9.17) is 16.3 Å². The average Bonchev–Trinajstić information content (AvgIpc) is 3.23. The van der Waals surface area contributed by atoms with Gasteiger partial charge in [0.15, 0.2) is 6.10 Å². The summed E-state index contributed by atoms with van der Waals surface area (Å²) in [5.41, 5.74) is 1.01. The number of fused-ring (bicyclic) bond motifs is 1. The van der Waals surface area contributed by atoms with E-state index in [2.05, 4.69) is 9.55 Å². The van der Waals surface area contributed by atoms with E-state index in [0.29, 0.717) is 24.0 Å². The summed E-state index contributed by atoms with van der Waals surface area (Å²) < 4.78 is 7.92. The van der Waals surface area contributed by atoms with Crippen molar-refractivity contribution in [1.82, 2.24) is 14.5 Å². The molecule has 0 unspecified atom stereocenters. The van der Waals surface area contributed by atoms with Gasteiger partial charge >= 0.3 is 0 Å². The summed E-state index contributed by atoms with van der Waals surface area (Å²) in [5.74, 6) is 0.845. The van der Waals surface area contributed by atoms with Crippen LogP contribution in [-0.4, -0.2) is 39.6 Å². The standard InChI is InChI=1S/C17H18ClN3O2/c18-13-3-4-15-12(8-13)9-16(23-15)17(22)20-6-1-2-14(10-20)21-7-5-19-11-21/h3-5,7-8,11,14,16H,1-2,6,9-10H2/t14-,16-/m1/s1. The Kier molecular flexibility index (Phi) is 3.73. The van der Waals surface area contributed by atoms with Crippen molar-refractivity contribution in [3.05, 3.63) is 47.5 Å². The highest BCUT2D eigenvalue weighted by atomic mass is 35.5. The molecule has 4 rings (SSSR count). The number of hydrogen-bond acceptors (Lipinski definition) is 3. The Hall–Kier alpha value is -2.01. The van der Waals surface area contributed by atoms with E-state index in [1.807, 2.05) is 29.6 Å². The van der Waals surface area contributed by atoms with E-state index in [0.717, 1.165) is 30.7 Å². The van der Waals surface area contributed by atoms with Gasteiger partial charge in [-0.2, -0.15) is 0 Å². The zero-order valence-corrected chi connectivity index (χ0v) is 13.4. The predicted octanol–water partition coefficient (Wildman–Crippen LogP) is 2.70. The maximum Gasteiger partial charge on any atom is 0.264 e. The van der Waals surface area contributed by atoms with Gasteiger partial charge in [-0.1, -0.05) is 11.6 Å². The maximum absolute atomic E-state index is 12.8. The number of amides is 1. The molecule has 5 nitrogen and oxygen atoms in total. The van der Waals surface area contributed by atoms with Gasteiger partial charge < -0.3 is 14.2 Å². The van der Waals surface area contributed by atoms with Gasteiger partial charge in [-0.25, -0.2) is 4.98 Å². The molecule has 2 atom stereocenters. The van der Waals surface area contributed by atoms with Crippen LogP contribution in [0.15, 0.2) is 36.9 Å². The van der Waals surface area contributed by atoms with Crippen LogP contribution in [0.4, 0.5) is 0 Å². The minimum Gasteiger partial charge on any atom is -0.480 e. The summed E-state index contributed by atoms with van der Waals surface area (Å²) in [7, 11) is 0. The molecule has 1 saturated heterocycles. The lowest BCUT2D eigenvalue weighted by atomic mass is 10.0. The average molecular weight is 332 g/mol. The Morgan fingerprint density at radius 2 is 2.30 bits per heavy atom. The number of carbonyl (C=O) groups excluding carboxylic acids is 1. The lowest BCUT2D eigenvalue weighted by Crippen LogP contribution is -2.46. The maximum atomic E-state index is 12.8. The van der Waals surface area contributed by atoms with Crippen molar-refractivity contribution in [2.75, 3.05) is 13.1 Å². The number of ether oxygens (including phenoxy) is 1. The molecule has 2 aromatic rings. The molecule has 1 aromatic carbocycles. The fourth-order valence-corrected chi connectivity index (χ4v) is 3.64. The molecular formula is C17H18ClN3O2. The third-order valence-corrected chi connectivity index (χ3v) is 4.86. The second-order valence-corrected chi connectivity index (χ2v) is 6.59. The first-order valence-corrected chi connectivity index (χ1v) is 8.30. The molecule has 0 spiro atoms. The van der Waals surface area contributed by atoms with Crippen molar-refractivity contribution in [3.63, 3.8) is 0 Å². The van der Waals surface area contributed by atoms with Gasteiger partial charge in [0, 0.05) is 36.9 Å². The Morgan fingerprint density at radius 1 is 1.39 bits per heavy atom. The second-order valence-electron chi connectivity index (χ2n) is 6.15. The van der Waals surface area contributed by atoms with Crippen molar-refractivity contribution in [3.8, 4) is 5.75 Å². The van der Waals surface area contributed by atoms with Crippen LogP contribution in [0, 0.1) is 0 Å². The van der Waals surface area contributed by atoms with Crippen LogP contribution in [0.25, 0.3) is 0 Å². The van der Waals surface area contributed by atoms with Crippen LogP contribution in [0.2, 0.25) is 5.02 Å². The molecule has 23 heavy (non-hydrogen) atoms. The third-order valence-electron chi connectivity index (χ3n) is 4.63. The van der Waals surface area contributed by atoms with Crippen molar-refractivity contribution in [2.45, 2.75) is 31.4 Å². The van der Waals surface area contributed by atoms with Gasteiger partial charge in [-0.3, -0.25) is 4.79 Å². The molecule has 0 saturated carbocycles. The molecule has 1 aromatic heterocycles. The molecule has 3 heterocycles. The summed E-state index contributed by atoms with van der Waals surface area (Å²) in [6, 6.07) is 5.82. The fourth-order valence-electron chi connectivity index (χ4n) is 3.44. The third kappa shape index (κ3) is 2.81. The minimum atomic E-state index is -0.426. The highest BCUT2D eigenvalue weighted by Gasteiger charge is 2.34. The smallest absolute Gasteiger partial charge is 0.264 e. The quantitative estimate of drug-likeness (QED) is 0.850. The first kappa shape index (κ1) is 14.6. The number of benzene rings is 1. The van der Waals surface area contributed by atoms with Crippen LogP contribution in [0.1, 0.15) is 24.4 Å². The Morgan fingerprint density at radius 3 is 3.13 bits per heavy atom. The van der Waals surface area contributed by atoms with E-state index in [1.165, 1.54) is 0 Å². The van der Waals surface area contributed by atoms with Crippen LogP contribution in [0.5, 0.6) is 5.75 Å². The van der Waals surface area contributed by atoms with E-state index >= 15 is 0 Å². The Balaban J connectivity index is 1.45. The normalized spacial score (nSPS) is 23.4. The van der Waals surface area contributed by atoms with Gasteiger partial charge in [0.2, 0.25) is 0 Å². The summed E-state index contributed by atoms with van der Waals surface area (Å²) in [4.78, 5) is 18.8. The van der Waals surface area contributed by atoms with Gasteiger partial charge in [0.25, 0.3) is 5.91 Å². The number of hydrogen-bond donors (Lipinski definition) is 0. The first-order valence-electron chi connectivity index (χ1n) is 7.92. The Labute approximate surface area is 139 Å². The summed E-state index contributed by atoms with van der Waals surface area (Å²) in [5, 5.41) is 0.679. The molecule has 1 amide bonds. The molecule has 1 fully saturated rings. The molecule has 2 aliphatic rings. The second kappa shape index (κ2) is 5.89. The highest BCUT2D eigenvalue weighted by molar-refractivity contribution is 6.30. The summed E-state index contributed by atoms with van der Waals surface area (Å²) >= 11 is 6.02. The number of piperidine rings is 1. The number of halogens is 1. The molecule has 0 radical (unpaired) electrons. The van der Waals surface area contributed by atoms with Crippen LogP contribution < -0.4 is 4.74 Å². The van der Waals surface area contributed by atoms with Crippen molar-refractivity contribution >= 4 is 17.5 Å². The van der Waals surface area contributed by atoms with E-state index in [1.54, 1.807) is 12.3 Å². The number of rotatable bonds is 2. The van der Waals surface area contributed by atoms with E-state index in [9.17, 15) is 4.79 Å². The lowest BCUT2D eigenvalue weighted by Gasteiger charge is -2.34. The molecule has 0 bridgehead atoms. The number of nitrogens with zero attached hydrogens (tertiary/aromatic N) is 3. The Bertz CT molecular complexity index is 717. The largest absolute Gasteiger partial charge is 0.480 e. The summed E-state index contributed by atoms with van der Waals surface area (Å²) in [6.45, 7) is 1.51. The lowest BCUT2D eigenvalue weighted by molar-refractivity contribution is -0.139. The van der Waals surface area contributed by atoms with Crippen molar-refractivity contribution in [1.29, 1.82) is 0 Å². The van der Waals surface area contributed by atoms with Gasteiger partial charge in [0.1, 0.15) is 5.75 Å². The van der Waals surface area contributed by atoms with Crippen molar-refractivity contribution in [2.24, 2.45) is 0 Å². The molecule has 2 aliphatic heterocycles. The SMILES string of the molecule is O=C([C@H]1Cc2cc(Cl)ccc2O1)N1CCC[C@@H](n2ccnc2)C1. The molecule has 6 heteroatoms. The van der Waals surface area contributed by atoms with Crippen molar-refractivity contribution < 1.29 is 9.53 Å². The van der Waals surface area contributed by atoms with Crippen LogP contribution in [0.3, 0.4) is 0 Å². The first-order chi connectivity index (χ1) is 11.2. The van der Waals surface area contributed by atoms with Gasteiger partial charge in [-0.05, 0) is 36.6 Å². The number of carbonyl (C=O) groups is 1. The number of likely N-dealkylation sites (tertiary alicyclic amines) is 1.